The van der Waals surface area contributed by atoms with Gasteiger partial charge in [0.2, 0.25) is 0 Å². The number of aldehydes is 1. The Balaban J connectivity index is -0.000000234. The fourth-order valence-corrected chi connectivity index (χ4v) is 0.995. The lowest BCUT2D eigenvalue weighted by Crippen LogP contribution is -2.17. The molecule has 21 heavy (non-hydrogen) atoms. The molecule has 0 aliphatic rings. The summed E-state index contributed by atoms with van der Waals surface area (Å²) < 4.78 is 10.1. The average Bonchev–Trinajstić information content (AvgIpc) is 2.41. The lowest BCUT2D eigenvalue weighted by molar-refractivity contribution is -0.123. The van der Waals surface area contributed by atoms with Crippen molar-refractivity contribution in [3.8, 4) is 0 Å². The smallest absolute Gasteiger partial charge is 0.154 e. The second-order valence-corrected chi connectivity index (χ2v) is 4.62. The summed E-state index contributed by atoms with van der Waals surface area (Å²) in [6, 6.07) is 0. The molecule has 0 aliphatic heterocycles. The van der Waals surface area contributed by atoms with E-state index < -0.39 is 12.2 Å². The maximum absolute atomic E-state index is 9.68. The van der Waals surface area contributed by atoms with Gasteiger partial charge in [0.25, 0.3) is 0 Å². The van der Waals surface area contributed by atoms with Crippen LogP contribution in [0.3, 0.4) is 0 Å². The number of hydrogen-bond donors (Lipinski definition) is 2. The molecular formula is C16H36O5. The van der Waals surface area contributed by atoms with Gasteiger partial charge in [-0.1, -0.05) is 19.8 Å². The van der Waals surface area contributed by atoms with E-state index in [1.54, 1.807) is 13.8 Å². The second-order valence-electron chi connectivity index (χ2n) is 4.62. The van der Waals surface area contributed by atoms with Crippen LogP contribution in [-0.4, -0.2) is 48.2 Å². The first kappa shape index (κ1) is 25.5. The number of rotatable bonds is 9. The van der Waals surface area contributed by atoms with Crippen molar-refractivity contribution in [1.82, 2.24) is 0 Å². The van der Waals surface area contributed by atoms with E-state index in [0.717, 1.165) is 32.3 Å². The molecule has 2 N–H and O–H groups in total. The van der Waals surface area contributed by atoms with Crippen molar-refractivity contribution in [1.29, 1.82) is 0 Å². The van der Waals surface area contributed by atoms with Crippen LogP contribution in [0.5, 0.6) is 0 Å². The molecule has 0 rings (SSSR count). The van der Waals surface area contributed by atoms with Crippen molar-refractivity contribution < 1.29 is 24.5 Å². The van der Waals surface area contributed by atoms with Crippen LogP contribution < -0.4 is 0 Å². The zero-order chi connectivity index (χ0) is 17.1. The number of hydrogen-bond acceptors (Lipinski definition) is 5. The molecule has 0 saturated heterocycles. The summed E-state index contributed by atoms with van der Waals surface area (Å²) in [7, 11) is 0. The first-order chi connectivity index (χ1) is 9.87. The third-order valence-electron chi connectivity index (χ3n) is 2.43. The Morgan fingerprint density at radius 2 is 1.33 bits per heavy atom. The SMILES string of the molecule is CC(O)C(C)O.CCCCCC=O.CCOC(C)OCC. The van der Waals surface area contributed by atoms with Gasteiger partial charge in [0, 0.05) is 19.6 Å². The Kier molecular flexibility index (Phi) is 26.4. The molecule has 0 saturated carbocycles. The molecule has 2 unspecified atom stereocenters. The van der Waals surface area contributed by atoms with Crippen LogP contribution in [0, 0.1) is 0 Å². The van der Waals surface area contributed by atoms with Gasteiger partial charge in [0.1, 0.15) is 6.29 Å². The normalized spacial score (nSPS) is 12.6. The van der Waals surface area contributed by atoms with Crippen LogP contribution in [0.25, 0.3) is 0 Å². The molecule has 0 spiro atoms. The van der Waals surface area contributed by atoms with Gasteiger partial charge < -0.3 is 24.5 Å². The molecule has 0 aromatic heterocycles. The number of aliphatic hydroxyl groups is 2. The van der Waals surface area contributed by atoms with Crippen LogP contribution in [0.4, 0.5) is 0 Å². The van der Waals surface area contributed by atoms with E-state index in [1.807, 2.05) is 20.8 Å². The molecule has 0 amide bonds. The molecule has 0 aromatic carbocycles. The van der Waals surface area contributed by atoms with E-state index in [1.165, 1.54) is 12.8 Å². The van der Waals surface area contributed by atoms with Gasteiger partial charge >= 0.3 is 0 Å². The van der Waals surface area contributed by atoms with Crippen molar-refractivity contribution in [2.24, 2.45) is 0 Å². The lowest BCUT2D eigenvalue weighted by Gasteiger charge is -2.09. The van der Waals surface area contributed by atoms with Gasteiger partial charge in [0.15, 0.2) is 6.29 Å². The predicted molar refractivity (Wildman–Crippen MR) is 86.3 cm³/mol. The number of carbonyl (C=O) groups excluding carboxylic acids is 1. The maximum Gasteiger partial charge on any atom is 0.154 e. The van der Waals surface area contributed by atoms with Gasteiger partial charge in [-0.3, -0.25) is 0 Å². The van der Waals surface area contributed by atoms with Gasteiger partial charge in [-0.15, -0.1) is 0 Å². The van der Waals surface area contributed by atoms with Gasteiger partial charge in [-0.05, 0) is 41.0 Å². The van der Waals surface area contributed by atoms with E-state index in [-0.39, 0.29) is 6.29 Å². The van der Waals surface area contributed by atoms with E-state index in [9.17, 15) is 4.79 Å². The zero-order valence-electron chi connectivity index (χ0n) is 14.7. The Hall–Kier alpha value is -0.490. The molecule has 0 radical (unpaired) electrons. The van der Waals surface area contributed by atoms with Gasteiger partial charge in [0.05, 0.1) is 12.2 Å². The van der Waals surface area contributed by atoms with Crippen LogP contribution in [0.15, 0.2) is 0 Å². The van der Waals surface area contributed by atoms with Crippen molar-refractivity contribution in [3.05, 3.63) is 0 Å². The Labute approximate surface area is 130 Å². The van der Waals surface area contributed by atoms with Crippen molar-refractivity contribution in [3.63, 3.8) is 0 Å². The molecular weight excluding hydrogens is 272 g/mol. The van der Waals surface area contributed by atoms with Crippen molar-refractivity contribution >= 4 is 6.29 Å². The van der Waals surface area contributed by atoms with Crippen LogP contribution in [0.2, 0.25) is 0 Å². The molecule has 0 fully saturated rings. The van der Waals surface area contributed by atoms with E-state index in [0.29, 0.717) is 0 Å². The summed E-state index contributed by atoms with van der Waals surface area (Å²) in [5.74, 6) is 0. The fraction of sp³-hybridized carbons (Fsp3) is 0.938. The largest absolute Gasteiger partial charge is 0.391 e. The maximum atomic E-state index is 9.68. The second kappa shape index (κ2) is 21.8. The lowest BCUT2D eigenvalue weighted by atomic mass is 10.2. The Morgan fingerprint density at radius 3 is 1.57 bits per heavy atom. The molecule has 130 valence electrons. The highest BCUT2D eigenvalue weighted by Gasteiger charge is 1.99. The minimum atomic E-state index is -0.593. The van der Waals surface area contributed by atoms with E-state index >= 15 is 0 Å². The quantitative estimate of drug-likeness (QED) is 0.389. The monoisotopic (exact) mass is 308 g/mol. The molecule has 0 heterocycles. The summed E-state index contributed by atoms with van der Waals surface area (Å²) in [5, 5.41) is 16.8. The first-order valence-electron chi connectivity index (χ1n) is 7.90. The molecule has 0 bridgehead atoms. The Bertz CT molecular complexity index is 172. The number of unbranched alkanes of at least 4 members (excludes halogenated alkanes) is 3. The van der Waals surface area contributed by atoms with Crippen LogP contribution >= 0.6 is 0 Å². The number of carbonyl (C=O) groups is 1. The molecule has 0 aromatic rings. The third-order valence-corrected chi connectivity index (χ3v) is 2.43. The minimum absolute atomic E-state index is 0.0370. The predicted octanol–water partition coefficient (Wildman–Crippen LogP) is 2.92. The summed E-state index contributed by atoms with van der Waals surface area (Å²) >= 11 is 0. The minimum Gasteiger partial charge on any atom is -0.391 e. The molecule has 2 atom stereocenters. The van der Waals surface area contributed by atoms with Gasteiger partial charge in [-0.2, -0.15) is 0 Å². The summed E-state index contributed by atoms with van der Waals surface area (Å²) in [4.78, 5) is 9.68. The Morgan fingerprint density at radius 1 is 0.905 bits per heavy atom. The zero-order valence-corrected chi connectivity index (χ0v) is 14.7. The standard InChI is InChI=1S/C6H14O2.C6H12O.C4H10O2/c1-4-7-6(3)8-5-2;1-2-3-4-5-6-7;1-3(5)4(2)6/h6H,4-5H2,1-3H3;6H,2-5H2,1H3;3-6H,1-2H3. The topological polar surface area (TPSA) is 76.0 Å². The highest BCUT2D eigenvalue weighted by atomic mass is 16.7. The molecule has 0 aliphatic carbocycles. The van der Waals surface area contributed by atoms with Crippen LogP contribution in [-0.2, 0) is 14.3 Å². The van der Waals surface area contributed by atoms with Crippen molar-refractivity contribution in [2.75, 3.05) is 13.2 Å². The summed E-state index contributed by atoms with van der Waals surface area (Å²) in [6.45, 7) is 12.5. The highest BCUT2D eigenvalue weighted by molar-refractivity contribution is 5.48. The number of aliphatic hydroxyl groups excluding tert-OH is 2. The fourth-order valence-electron chi connectivity index (χ4n) is 0.995. The molecule has 5 heteroatoms. The average molecular weight is 308 g/mol. The van der Waals surface area contributed by atoms with E-state index in [4.69, 9.17) is 19.7 Å². The highest BCUT2D eigenvalue weighted by Crippen LogP contribution is 1.94. The third kappa shape index (κ3) is 32.8. The number of ether oxygens (including phenoxy) is 2. The molecule has 5 nitrogen and oxygen atoms in total. The van der Waals surface area contributed by atoms with Crippen LogP contribution in [0.1, 0.15) is 67.2 Å². The summed E-state index contributed by atoms with van der Waals surface area (Å²) in [5.41, 5.74) is 0. The van der Waals surface area contributed by atoms with Crippen molar-refractivity contribution in [2.45, 2.75) is 85.7 Å². The van der Waals surface area contributed by atoms with Gasteiger partial charge in [-0.25, -0.2) is 0 Å². The van der Waals surface area contributed by atoms with E-state index in [2.05, 4.69) is 6.92 Å². The first-order valence-corrected chi connectivity index (χ1v) is 7.90. The summed E-state index contributed by atoms with van der Waals surface area (Å²) in [6.07, 6.45) is 3.97.